The maximum atomic E-state index is 12.9. The van der Waals surface area contributed by atoms with Crippen LogP contribution in [0.25, 0.3) is 21.0 Å². The Kier molecular flexibility index (Phi) is 6.19. The van der Waals surface area contributed by atoms with Crippen LogP contribution in [-0.4, -0.2) is 18.9 Å². The molecule has 0 unspecified atom stereocenters. The minimum Gasteiger partial charge on any atom is -0.317 e. The van der Waals surface area contributed by atoms with Gasteiger partial charge in [0.2, 0.25) is 0 Å². The highest BCUT2D eigenvalue weighted by atomic mass is 35.5. The number of carbonyl (C=O) groups is 1. The summed E-state index contributed by atoms with van der Waals surface area (Å²) in [5, 5.41) is 2.72. The molecule has 0 bridgehead atoms. The Morgan fingerprint density at radius 3 is 2.40 bits per heavy atom. The highest BCUT2D eigenvalue weighted by Crippen LogP contribution is 2.27. The van der Waals surface area contributed by atoms with Gasteiger partial charge in [-0.25, -0.2) is 8.42 Å². The van der Waals surface area contributed by atoms with E-state index in [1.54, 1.807) is 24.3 Å². The molecule has 0 saturated heterocycles. The van der Waals surface area contributed by atoms with Crippen molar-refractivity contribution in [3.8, 4) is 0 Å². The van der Waals surface area contributed by atoms with E-state index in [-0.39, 0.29) is 4.90 Å². The lowest BCUT2D eigenvalue weighted by Crippen LogP contribution is -2.16. The number of fused-ring (bicyclic) bond motifs is 3. The first-order valence-electron chi connectivity index (χ1n) is 10.8. The highest BCUT2D eigenvalue weighted by molar-refractivity contribution is 7.92. The molecule has 6 nitrogen and oxygen atoms in total. The number of aromatic nitrogens is 1. The van der Waals surface area contributed by atoms with Gasteiger partial charge < -0.3 is 4.57 Å². The average Bonchev–Trinajstić information content (AvgIpc) is 3.22. The van der Waals surface area contributed by atoms with E-state index in [2.05, 4.69) is 34.0 Å². The number of nitrogens with zero attached hydrogens (tertiary/aromatic N) is 2. The molecule has 0 saturated carbocycles. The Hall–Kier alpha value is -3.46. The standard InChI is InChI=1S/C26H20ClN3O3S2/c1-2-30-23-16-9-17-5-3-4-6-22(17)24(23)34-26(30)28-25(31)18-7-12-20(13-8-18)29-35(32,33)21-14-10-19(27)11-15-21/h3-16,29H,2H2,1H3. The third-order valence-electron chi connectivity index (χ3n) is 5.60. The van der Waals surface area contributed by atoms with Crippen LogP contribution in [-0.2, 0) is 16.6 Å². The van der Waals surface area contributed by atoms with Gasteiger partial charge in [-0.15, -0.1) is 0 Å². The van der Waals surface area contributed by atoms with Crippen molar-refractivity contribution in [2.75, 3.05) is 4.72 Å². The van der Waals surface area contributed by atoms with Gasteiger partial charge in [-0.2, -0.15) is 4.99 Å². The quantitative estimate of drug-likeness (QED) is 0.305. The van der Waals surface area contributed by atoms with E-state index in [4.69, 9.17) is 11.6 Å². The molecule has 0 spiro atoms. The van der Waals surface area contributed by atoms with Crippen LogP contribution in [0.4, 0.5) is 5.69 Å². The maximum Gasteiger partial charge on any atom is 0.279 e. The number of rotatable bonds is 5. The first kappa shape index (κ1) is 23.3. The topological polar surface area (TPSA) is 80.5 Å². The van der Waals surface area contributed by atoms with Gasteiger partial charge in [0.25, 0.3) is 15.9 Å². The molecular weight excluding hydrogens is 502 g/mol. The first-order valence-corrected chi connectivity index (χ1v) is 13.5. The summed E-state index contributed by atoms with van der Waals surface area (Å²) in [7, 11) is -3.77. The van der Waals surface area contributed by atoms with Crippen molar-refractivity contribution in [3.05, 3.63) is 100 Å². The van der Waals surface area contributed by atoms with E-state index in [0.717, 1.165) is 21.0 Å². The van der Waals surface area contributed by atoms with Gasteiger partial charge in [-0.1, -0.05) is 53.3 Å². The van der Waals surface area contributed by atoms with Gasteiger partial charge in [-0.05, 0) is 66.9 Å². The van der Waals surface area contributed by atoms with Gasteiger partial charge in [0.15, 0.2) is 4.80 Å². The number of anilines is 1. The van der Waals surface area contributed by atoms with Crippen LogP contribution in [0.3, 0.4) is 0 Å². The van der Waals surface area contributed by atoms with Gasteiger partial charge in [0, 0.05) is 28.2 Å². The molecule has 35 heavy (non-hydrogen) atoms. The Morgan fingerprint density at radius 1 is 0.971 bits per heavy atom. The van der Waals surface area contributed by atoms with Crippen LogP contribution in [0.15, 0.2) is 94.8 Å². The normalized spacial score (nSPS) is 12.3. The minimum atomic E-state index is -3.77. The predicted octanol–water partition coefficient (Wildman–Crippen LogP) is 6.07. The molecule has 9 heteroatoms. The van der Waals surface area contributed by atoms with Gasteiger partial charge in [-0.3, -0.25) is 9.52 Å². The molecule has 0 atom stereocenters. The van der Waals surface area contributed by atoms with Crippen LogP contribution < -0.4 is 9.52 Å². The summed E-state index contributed by atoms with van der Waals surface area (Å²) in [5.41, 5.74) is 1.74. The van der Waals surface area contributed by atoms with E-state index >= 15 is 0 Å². The second-order valence-electron chi connectivity index (χ2n) is 7.82. The van der Waals surface area contributed by atoms with E-state index < -0.39 is 15.9 Å². The number of aryl methyl sites for hydroxylation is 1. The molecule has 0 aliphatic carbocycles. The van der Waals surface area contributed by atoms with E-state index in [1.807, 2.05) is 23.6 Å². The van der Waals surface area contributed by atoms with Gasteiger partial charge in [0.1, 0.15) is 0 Å². The summed E-state index contributed by atoms with van der Waals surface area (Å²) >= 11 is 7.32. The van der Waals surface area contributed by atoms with Crippen molar-refractivity contribution >= 4 is 65.5 Å². The molecule has 1 heterocycles. The summed E-state index contributed by atoms with van der Waals surface area (Å²) in [4.78, 5) is 18.1. The number of benzene rings is 4. The lowest BCUT2D eigenvalue weighted by molar-refractivity contribution is 0.0998. The zero-order valence-electron chi connectivity index (χ0n) is 18.6. The van der Waals surface area contributed by atoms with E-state index in [9.17, 15) is 13.2 Å². The lowest BCUT2D eigenvalue weighted by Gasteiger charge is -2.08. The summed E-state index contributed by atoms with van der Waals surface area (Å²) in [5.74, 6) is -0.393. The number of hydrogen-bond acceptors (Lipinski definition) is 4. The van der Waals surface area contributed by atoms with Crippen LogP contribution in [0.2, 0.25) is 5.02 Å². The number of thiazole rings is 1. The fourth-order valence-corrected chi connectivity index (χ4v) is 6.26. The van der Waals surface area contributed by atoms with E-state index in [0.29, 0.717) is 27.6 Å². The van der Waals surface area contributed by atoms with Crippen molar-refractivity contribution in [1.29, 1.82) is 0 Å². The zero-order valence-corrected chi connectivity index (χ0v) is 21.0. The maximum absolute atomic E-state index is 12.9. The van der Waals surface area contributed by atoms with Gasteiger partial charge in [0.05, 0.1) is 15.1 Å². The molecule has 0 fully saturated rings. The van der Waals surface area contributed by atoms with Crippen LogP contribution in [0, 0.1) is 0 Å². The average molecular weight is 522 g/mol. The second kappa shape index (κ2) is 9.30. The summed E-state index contributed by atoms with van der Waals surface area (Å²) in [6.07, 6.45) is 0. The van der Waals surface area contributed by atoms with Crippen molar-refractivity contribution in [1.82, 2.24) is 4.57 Å². The third-order valence-corrected chi connectivity index (χ3v) is 8.37. The minimum absolute atomic E-state index is 0.0958. The Morgan fingerprint density at radius 2 is 1.69 bits per heavy atom. The largest absolute Gasteiger partial charge is 0.317 e. The Balaban J connectivity index is 1.44. The van der Waals surface area contributed by atoms with Crippen LogP contribution in [0.1, 0.15) is 17.3 Å². The second-order valence-corrected chi connectivity index (χ2v) is 10.9. The van der Waals surface area contributed by atoms with Gasteiger partial charge >= 0.3 is 0 Å². The monoisotopic (exact) mass is 521 g/mol. The number of halogens is 1. The summed E-state index contributed by atoms with van der Waals surface area (Å²) in [6, 6.07) is 24.4. The van der Waals surface area contributed by atoms with Crippen LogP contribution in [0.5, 0.6) is 0 Å². The number of amides is 1. The number of sulfonamides is 1. The third kappa shape index (κ3) is 4.60. The zero-order chi connectivity index (χ0) is 24.6. The van der Waals surface area contributed by atoms with Crippen molar-refractivity contribution in [3.63, 3.8) is 0 Å². The molecular formula is C26H20ClN3O3S2. The molecule has 1 amide bonds. The smallest absolute Gasteiger partial charge is 0.279 e. The number of nitrogens with one attached hydrogen (secondary N) is 1. The molecule has 5 aromatic rings. The summed E-state index contributed by atoms with van der Waals surface area (Å²) < 4.78 is 30.8. The molecule has 0 radical (unpaired) electrons. The highest BCUT2D eigenvalue weighted by Gasteiger charge is 2.15. The summed E-state index contributed by atoms with van der Waals surface area (Å²) in [6.45, 7) is 2.70. The van der Waals surface area contributed by atoms with Crippen molar-refractivity contribution in [2.45, 2.75) is 18.4 Å². The fraction of sp³-hybridized carbons (Fsp3) is 0.0769. The predicted molar refractivity (Wildman–Crippen MR) is 142 cm³/mol. The fourth-order valence-electron chi connectivity index (χ4n) is 3.85. The first-order chi connectivity index (χ1) is 16.9. The van der Waals surface area contributed by atoms with Crippen LogP contribution >= 0.6 is 22.9 Å². The number of hydrogen-bond donors (Lipinski definition) is 1. The Labute approximate surface area is 211 Å². The molecule has 1 aromatic heterocycles. The van der Waals surface area contributed by atoms with E-state index in [1.165, 1.54) is 35.6 Å². The molecule has 5 rings (SSSR count). The number of carbonyl (C=O) groups excluding carboxylic acids is 1. The van der Waals surface area contributed by atoms with Crippen molar-refractivity contribution in [2.24, 2.45) is 4.99 Å². The molecule has 0 aliphatic heterocycles. The van der Waals surface area contributed by atoms with Crippen molar-refractivity contribution < 1.29 is 13.2 Å². The molecule has 176 valence electrons. The lowest BCUT2D eigenvalue weighted by atomic mass is 10.1. The molecule has 1 N–H and O–H groups in total. The Bertz CT molecular complexity index is 1740. The molecule has 0 aliphatic rings. The SMILES string of the molecule is CCn1c(=NC(=O)c2ccc(NS(=O)(=O)c3ccc(Cl)cc3)cc2)sc2c3ccccc3ccc21. The molecule has 4 aromatic carbocycles.